The zero-order valence-corrected chi connectivity index (χ0v) is 53.9. The Labute approximate surface area is 523 Å². The molecule has 5 nitrogen and oxygen atoms in total. The Kier molecular flexibility index (Phi) is 26.5. The van der Waals surface area contributed by atoms with E-state index in [0.29, 0.717) is 13.2 Å². The molecule has 0 saturated carbocycles. The van der Waals surface area contributed by atoms with E-state index >= 15 is 0 Å². The van der Waals surface area contributed by atoms with E-state index in [-0.39, 0.29) is 5.92 Å². The molecule has 0 radical (unpaired) electrons. The molecule has 6 aromatic carbocycles. The molecule has 3 heterocycles. The average Bonchev–Trinajstić information content (AvgIpc) is 4.19. The third-order valence-electron chi connectivity index (χ3n) is 16.7. The molecule has 9 rings (SSSR count). The number of benzene rings is 6. The first-order chi connectivity index (χ1) is 42.1. The summed E-state index contributed by atoms with van der Waals surface area (Å²) in [5.74, 6) is 2.82. The number of fused-ring (bicyclic) bond motifs is 1. The minimum atomic E-state index is 0.0337. The van der Waals surface area contributed by atoms with E-state index in [9.17, 15) is 0 Å². The highest BCUT2D eigenvalue weighted by molar-refractivity contribution is 7.20. The molecule has 448 valence electrons. The molecule has 0 amide bonds. The van der Waals surface area contributed by atoms with Crippen molar-refractivity contribution >= 4 is 45.4 Å². The van der Waals surface area contributed by atoms with Crippen LogP contribution in [0, 0.1) is 0 Å². The van der Waals surface area contributed by atoms with Gasteiger partial charge in [-0.1, -0.05) is 302 Å². The number of ether oxygens (including phenoxy) is 3. The number of rotatable bonds is 40. The summed E-state index contributed by atoms with van der Waals surface area (Å²) in [6.07, 6.45) is 33.4. The molecule has 0 saturated heterocycles. The minimum Gasteiger partial charge on any atom is -0.494 e. The van der Waals surface area contributed by atoms with Crippen molar-refractivity contribution in [3.63, 3.8) is 0 Å². The smallest absolute Gasteiger partial charge is 0.138 e. The van der Waals surface area contributed by atoms with Crippen molar-refractivity contribution in [1.29, 1.82) is 0 Å². The van der Waals surface area contributed by atoms with Gasteiger partial charge in [-0.3, -0.25) is 0 Å². The highest BCUT2D eigenvalue weighted by Crippen LogP contribution is 2.50. The van der Waals surface area contributed by atoms with Gasteiger partial charge in [-0.05, 0) is 82.5 Å². The molecule has 0 fully saturated rings. The van der Waals surface area contributed by atoms with E-state index < -0.39 is 0 Å². The van der Waals surface area contributed by atoms with Gasteiger partial charge in [0.05, 0.1) is 41.3 Å². The first-order valence-electron chi connectivity index (χ1n) is 32.9. The fraction of sp³-hybridized carbons (Fsp3) is 0.429. The minimum absolute atomic E-state index is 0.0337. The van der Waals surface area contributed by atoms with Crippen molar-refractivity contribution in [3.8, 4) is 70.1 Å². The molecule has 85 heavy (non-hydrogen) atoms. The Morgan fingerprint density at radius 2 is 0.659 bits per heavy atom. The number of nitrogens with zero attached hydrogens (tertiary/aromatic N) is 2. The van der Waals surface area contributed by atoms with Crippen LogP contribution in [0.15, 0.2) is 158 Å². The van der Waals surface area contributed by atoms with Crippen molar-refractivity contribution in [3.05, 3.63) is 174 Å². The molecule has 8 heteroatoms. The number of thiophene rings is 2. The lowest BCUT2D eigenvalue weighted by Crippen LogP contribution is -2.04. The van der Waals surface area contributed by atoms with E-state index in [4.69, 9.17) is 23.0 Å². The molecular weight excluding hydrogens is 1100 g/mol. The summed E-state index contributed by atoms with van der Waals surface area (Å²) in [4.78, 5) is 4.56. The van der Waals surface area contributed by atoms with Crippen LogP contribution in [0.25, 0.3) is 63.9 Å². The first kappa shape index (κ1) is 63.4. The largest absolute Gasteiger partial charge is 0.494 e. The lowest BCUT2D eigenvalue weighted by molar-refractivity contribution is 0.304. The standard InChI is InChI=1S/C77H94N2O3S3/c1-4-7-10-13-16-19-20-23-24-33-54-80-66-50-48-65(49-51-66)73(63-44-40-60(41-45-63)59-36-29-27-30-37-59)64-46-42-62(43-47-64)72-58-70(82-56-35-26-22-18-15-12-9-6-3)77(84-72)68-53-52-67(74-75(68)79-85-78-74)76-69(57-71(83-76)61-38-31-28-32-39-61)81-55-34-25-21-17-14-11-8-5-2/h27-32,36-53,57-58,73H,4-26,33-35,54-56H2,1-3H3. The van der Waals surface area contributed by atoms with Crippen LogP contribution in [0.2, 0.25) is 0 Å². The molecule has 1 atom stereocenters. The summed E-state index contributed by atoms with van der Waals surface area (Å²) in [6.45, 7) is 9.00. The predicted octanol–water partition coefficient (Wildman–Crippen LogP) is 24.7. The van der Waals surface area contributed by atoms with Crippen LogP contribution in [-0.4, -0.2) is 28.6 Å². The van der Waals surface area contributed by atoms with Gasteiger partial charge in [0.15, 0.2) is 0 Å². The Morgan fingerprint density at radius 3 is 1.07 bits per heavy atom. The van der Waals surface area contributed by atoms with Gasteiger partial charge in [0, 0.05) is 26.8 Å². The second kappa shape index (κ2) is 35.5. The third kappa shape index (κ3) is 19.0. The number of hydrogen-bond donors (Lipinski definition) is 0. The van der Waals surface area contributed by atoms with Crippen molar-refractivity contribution in [2.45, 2.75) is 194 Å². The first-order valence-corrected chi connectivity index (χ1v) is 35.3. The molecule has 0 spiro atoms. The van der Waals surface area contributed by atoms with Crippen molar-refractivity contribution < 1.29 is 14.2 Å². The average molecular weight is 1190 g/mol. The van der Waals surface area contributed by atoms with Crippen LogP contribution >= 0.6 is 34.4 Å². The van der Waals surface area contributed by atoms with Gasteiger partial charge in [0.1, 0.15) is 28.3 Å². The summed E-state index contributed by atoms with van der Waals surface area (Å²) in [5.41, 5.74) is 12.5. The van der Waals surface area contributed by atoms with Crippen LogP contribution in [0.3, 0.4) is 0 Å². The topological polar surface area (TPSA) is 53.5 Å². The fourth-order valence-electron chi connectivity index (χ4n) is 11.7. The van der Waals surface area contributed by atoms with Gasteiger partial charge in [-0.25, -0.2) is 0 Å². The van der Waals surface area contributed by atoms with Crippen molar-refractivity contribution in [2.75, 3.05) is 19.8 Å². The molecule has 1 unspecified atom stereocenters. The van der Waals surface area contributed by atoms with Crippen LogP contribution in [-0.2, 0) is 0 Å². The lowest BCUT2D eigenvalue weighted by atomic mass is 9.84. The number of hydrogen-bond acceptors (Lipinski definition) is 8. The fourth-order valence-corrected chi connectivity index (χ4v) is 14.6. The maximum atomic E-state index is 6.88. The zero-order valence-electron chi connectivity index (χ0n) is 51.4. The Bertz CT molecular complexity index is 3270. The maximum Gasteiger partial charge on any atom is 0.138 e. The van der Waals surface area contributed by atoms with E-state index in [2.05, 4.69) is 178 Å². The van der Waals surface area contributed by atoms with Crippen LogP contribution in [0.4, 0.5) is 0 Å². The highest BCUT2D eigenvalue weighted by atomic mass is 32.1. The van der Waals surface area contributed by atoms with Gasteiger partial charge < -0.3 is 14.2 Å². The monoisotopic (exact) mass is 1190 g/mol. The Morgan fingerprint density at radius 1 is 0.329 bits per heavy atom. The number of aromatic nitrogens is 2. The van der Waals surface area contributed by atoms with Gasteiger partial charge >= 0.3 is 0 Å². The second-order valence-corrected chi connectivity index (χ2v) is 26.0. The zero-order chi connectivity index (χ0) is 58.5. The number of unbranched alkanes of at least 4 members (excludes halogenated alkanes) is 23. The van der Waals surface area contributed by atoms with Gasteiger partial charge in [-0.15, -0.1) is 22.7 Å². The molecule has 0 N–H and O–H groups in total. The summed E-state index contributed by atoms with van der Waals surface area (Å²) in [6, 6.07) is 57.7. The predicted molar refractivity (Wildman–Crippen MR) is 368 cm³/mol. The van der Waals surface area contributed by atoms with Crippen molar-refractivity contribution in [2.24, 2.45) is 0 Å². The second-order valence-electron chi connectivity index (χ2n) is 23.4. The normalized spacial score (nSPS) is 11.8. The Hall–Kier alpha value is -6.06. The van der Waals surface area contributed by atoms with Crippen LogP contribution in [0.5, 0.6) is 17.2 Å². The van der Waals surface area contributed by atoms with Gasteiger partial charge in [0.25, 0.3) is 0 Å². The lowest BCUT2D eigenvalue weighted by Gasteiger charge is -2.20. The third-order valence-corrected chi connectivity index (χ3v) is 19.7. The highest BCUT2D eigenvalue weighted by Gasteiger charge is 2.24. The van der Waals surface area contributed by atoms with Gasteiger partial charge in [0.2, 0.25) is 0 Å². The molecule has 3 aromatic heterocycles. The van der Waals surface area contributed by atoms with E-state index in [1.54, 1.807) is 22.7 Å². The molecule has 9 aromatic rings. The van der Waals surface area contributed by atoms with E-state index in [0.717, 1.165) is 75.0 Å². The molecule has 0 aliphatic heterocycles. The molecular formula is C77H94N2O3S3. The maximum absolute atomic E-state index is 6.88. The molecule has 0 bridgehead atoms. The van der Waals surface area contributed by atoms with Crippen LogP contribution < -0.4 is 14.2 Å². The van der Waals surface area contributed by atoms with Crippen molar-refractivity contribution in [1.82, 2.24) is 8.75 Å². The van der Waals surface area contributed by atoms with Crippen LogP contribution in [0.1, 0.15) is 210 Å². The SMILES string of the molecule is CCCCCCCCCCCCOc1ccc(C(c2ccc(-c3ccccc3)cc2)c2ccc(-c3cc(OCCCCCCCCCC)c(-c4ccc(-c5sc(-c6ccccc6)cc5OCCCCCCCCCC)c5nsnc45)s3)cc2)cc1. The molecule has 0 aliphatic rings. The quantitative estimate of drug-likeness (QED) is 0.0283. The molecule has 0 aliphatic carbocycles. The van der Waals surface area contributed by atoms with E-state index in [1.165, 1.54) is 208 Å². The Balaban J connectivity index is 0.964. The van der Waals surface area contributed by atoms with E-state index in [1.807, 2.05) is 0 Å². The summed E-state index contributed by atoms with van der Waals surface area (Å²) < 4.78 is 30.1. The summed E-state index contributed by atoms with van der Waals surface area (Å²) >= 11 is 4.86. The van der Waals surface area contributed by atoms with Gasteiger partial charge in [-0.2, -0.15) is 8.75 Å². The summed E-state index contributed by atoms with van der Waals surface area (Å²) in [7, 11) is 0. The summed E-state index contributed by atoms with van der Waals surface area (Å²) in [5, 5.41) is 0.